The predicted octanol–water partition coefficient (Wildman–Crippen LogP) is 3.09. The van der Waals surface area contributed by atoms with Crippen LogP contribution >= 0.6 is 0 Å². The zero-order valence-electron chi connectivity index (χ0n) is 19.3. The van der Waals surface area contributed by atoms with Gasteiger partial charge in [-0.1, -0.05) is 10.3 Å². The number of nitrogens with zero attached hydrogens (tertiary/aromatic N) is 5. The Bertz CT molecular complexity index is 1520. The number of sulfonamides is 1. The first-order valence-electron chi connectivity index (χ1n) is 10.9. The number of hydrogen-bond donors (Lipinski definition) is 0. The average molecular weight is 500 g/mol. The summed E-state index contributed by atoms with van der Waals surface area (Å²) >= 11 is 0. The van der Waals surface area contributed by atoms with Crippen molar-refractivity contribution in [2.45, 2.75) is 25.7 Å². The molecule has 10 nitrogen and oxygen atoms in total. The fourth-order valence-electron chi connectivity index (χ4n) is 4.31. The molecule has 12 heteroatoms. The third-order valence-electron chi connectivity index (χ3n) is 6.08. The van der Waals surface area contributed by atoms with Crippen molar-refractivity contribution < 1.29 is 26.6 Å². The normalized spacial score (nSPS) is 15.1. The second kappa shape index (κ2) is 8.54. The zero-order valence-corrected chi connectivity index (χ0v) is 20.1. The molecule has 5 rings (SSSR count). The molecule has 3 aromatic heterocycles. The second-order valence-corrected chi connectivity index (χ2v) is 10.2. The van der Waals surface area contributed by atoms with E-state index in [0.717, 1.165) is 0 Å². The lowest BCUT2D eigenvalue weighted by Gasteiger charge is -2.34. The first kappa shape index (κ1) is 23.1. The Kier molecular flexibility index (Phi) is 5.64. The highest BCUT2D eigenvalue weighted by molar-refractivity contribution is 7.89. The van der Waals surface area contributed by atoms with Crippen LogP contribution in [0, 0.1) is 26.6 Å². The van der Waals surface area contributed by atoms with Crippen LogP contribution in [0.4, 0.5) is 4.39 Å². The number of fused-ring (bicyclic) bond motifs is 1. The summed E-state index contributed by atoms with van der Waals surface area (Å²) in [7, 11) is -3.80. The highest BCUT2D eigenvalue weighted by Gasteiger charge is 2.35. The first-order valence-corrected chi connectivity index (χ1v) is 12.4. The van der Waals surface area contributed by atoms with E-state index in [1.807, 2.05) is 0 Å². The number of aromatic nitrogens is 3. The van der Waals surface area contributed by atoms with Crippen molar-refractivity contribution in [3.63, 3.8) is 0 Å². The molecule has 1 amide bonds. The smallest absolute Gasteiger partial charge is 0.259 e. The van der Waals surface area contributed by atoms with E-state index >= 15 is 0 Å². The van der Waals surface area contributed by atoms with Gasteiger partial charge in [-0.25, -0.2) is 17.8 Å². The first-order chi connectivity index (χ1) is 16.7. The van der Waals surface area contributed by atoms with Crippen LogP contribution in [0.5, 0.6) is 0 Å². The molecule has 35 heavy (non-hydrogen) atoms. The highest BCUT2D eigenvalue weighted by Crippen LogP contribution is 2.29. The molecule has 0 aliphatic carbocycles. The van der Waals surface area contributed by atoms with Crippen LogP contribution in [0.1, 0.15) is 27.5 Å². The van der Waals surface area contributed by atoms with Crippen LogP contribution in [0.2, 0.25) is 0 Å². The van der Waals surface area contributed by atoms with Crippen molar-refractivity contribution in [3.05, 3.63) is 58.9 Å². The molecule has 4 aromatic rings. The van der Waals surface area contributed by atoms with Crippen molar-refractivity contribution in [1.82, 2.24) is 24.5 Å². The van der Waals surface area contributed by atoms with Crippen molar-refractivity contribution in [2.75, 3.05) is 26.2 Å². The minimum atomic E-state index is -3.80. The molecule has 182 valence electrons. The lowest BCUT2D eigenvalue weighted by molar-refractivity contribution is 0.0699. The monoisotopic (exact) mass is 499 g/mol. The predicted molar refractivity (Wildman–Crippen MR) is 123 cm³/mol. The molecule has 4 heterocycles. The number of carbonyl (C=O) groups is 1. The zero-order chi connectivity index (χ0) is 24.9. The Labute approximate surface area is 200 Å². The van der Waals surface area contributed by atoms with Gasteiger partial charge >= 0.3 is 0 Å². The molecule has 0 radical (unpaired) electrons. The van der Waals surface area contributed by atoms with E-state index in [4.69, 9.17) is 9.05 Å². The number of piperazine rings is 1. The van der Waals surface area contributed by atoms with Gasteiger partial charge in [0.25, 0.3) is 11.6 Å². The number of halogens is 1. The number of pyridine rings is 1. The number of hydrogen-bond acceptors (Lipinski definition) is 8. The van der Waals surface area contributed by atoms with Crippen LogP contribution in [-0.4, -0.2) is 65.0 Å². The van der Waals surface area contributed by atoms with E-state index < -0.39 is 10.0 Å². The SMILES string of the molecule is Cc1noc(C)c1S(=O)(=O)N1CCN(C(=O)c2cc(-c3ccc(F)cc3)nc3onc(C)c23)CC1. The maximum absolute atomic E-state index is 13.6. The minimum Gasteiger partial charge on any atom is -0.360 e. The maximum atomic E-state index is 13.6. The van der Waals surface area contributed by atoms with Crippen LogP contribution in [0.15, 0.2) is 44.3 Å². The summed E-state index contributed by atoms with van der Waals surface area (Å²) in [6, 6.07) is 7.40. The standard InChI is InChI=1S/C23H22FN5O5S/c1-13-20-18(12-19(25-22(20)34-26-13)16-4-6-17(24)7-5-16)23(30)28-8-10-29(11-9-28)35(31,32)21-14(2)27-33-15(21)3/h4-7,12H,8-11H2,1-3H3. The van der Waals surface area contributed by atoms with Gasteiger partial charge in [0.15, 0.2) is 5.76 Å². The number of carbonyl (C=O) groups excluding carboxylic acids is 1. The molecule has 0 saturated carbocycles. The van der Waals surface area contributed by atoms with Crippen LogP contribution < -0.4 is 0 Å². The molecule has 1 aliphatic heterocycles. The highest BCUT2D eigenvalue weighted by atomic mass is 32.2. The van der Waals surface area contributed by atoms with Crippen LogP contribution in [0.25, 0.3) is 22.4 Å². The molecule has 0 atom stereocenters. The van der Waals surface area contributed by atoms with E-state index in [2.05, 4.69) is 15.3 Å². The molecule has 0 N–H and O–H groups in total. The average Bonchev–Trinajstić information content (AvgIpc) is 3.40. The van der Waals surface area contributed by atoms with Crippen molar-refractivity contribution in [3.8, 4) is 11.3 Å². The number of aryl methyl sites for hydroxylation is 3. The molecular formula is C23H22FN5O5S. The lowest BCUT2D eigenvalue weighted by Crippen LogP contribution is -2.50. The van der Waals surface area contributed by atoms with E-state index in [1.54, 1.807) is 43.9 Å². The van der Waals surface area contributed by atoms with E-state index in [9.17, 15) is 17.6 Å². The van der Waals surface area contributed by atoms with Gasteiger partial charge in [-0.3, -0.25) is 4.79 Å². The van der Waals surface area contributed by atoms with Gasteiger partial charge in [-0.15, -0.1) is 0 Å². The lowest BCUT2D eigenvalue weighted by atomic mass is 10.0. The molecule has 0 bridgehead atoms. The molecule has 0 spiro atoms. The van der Waals surface area contributed by atoms with Crippen LogP contribution in [-0.2, 0) is 10.0 Å². The van der Waals surface area contributed by atoms with Gasteiger partial charge in [0.1, 0.15) is 16.4 Å². The van der Waals surface area contributed by atoms with Crippen molar-refractivity contribution >= 4 is 27.0 Å². The quantitative estimate of drug-likeness (QED) is 0.420. The van der Waals surface area contributed by atoms with Gasteiger partial charge in [-0.2, -0.15) is 4.31 Å². The molecule has 1 saturated heterocycles. The molecule has 0 unspecified atom stereocenters. The van der Waals surface area contributed by atoms with Crippen LogP contribution in [0.3, 0.4) is 0 Å². The number of amides is 1. The van der Waals surface area contributed by atoms with Gasteiger partial charge in [0.05, 0.1) is 22.3 Å². The summed E-state index contributed by atoms with van der Waals surface area (Å²) in [5.41, 5.74) is 2.42. The summed E-state index contributed by atoms with van der Waals surface area (Å²) in [6.07, 6.45) is 0. The Balaban J connectivity index is 1.43. The van der Waals surface area contributed by atoms with Gasteiger partial charge in [0.2, 0.25) is 10.0 Å². The largest absolute Gasteiger partial charge is 0.360 e. The maximum Gasteiger partial charge on any atom is 0.259 e. The summed E-state index contributed by atoms with van der Waals surface area (Å²) in [5, 5.41) is 8.19. The summed E-state index contributed by atoms with van der Waals surface area (Å²) in [6.45, 7) is 5.50. The second-order valence-electron chi connectivity index (χ2n) is 8.36. The number of rotatable bonds is 4. The Morgan fingerprint density at radius 2 is 1.63 bits per heavy atom. The molecule has 1 fully saturated rings. The summed E-state index contributed by atoms with van der Waals surface area (Å²) < 4.78 is 51.3. The van der Waals surface area contributed by atoms with Crippen molar-refractivity contribution in [2.24, 2.45) is 0 Å². The van der Waals surface area contributed by atoms with E-state index in [-0.39, 0.29) is 54.3 Å². The topological polar surface area (TPSA) is 123 Å². The summed E-state index contributed by atoms with van der Waals surface area (Å²) in [5.74, 6) is -0.441. The van der Waals surface area contributed by atoms with E-state index in [0.29, 0.717) is 33.6 Å². The van der Waals surface area contributed by atoms with E-state index in [1.165, 1.54) is 16.4 Å². The molecule has 1 aromatic carbocycles. The third kappa shape index (κ3) is 3.98. The van der Waals surface area contributed by atoms with Gasteiger partial charge in [-0.05, 0) is 51.1 Å². The van der Waals surface area contributed by atoms with Crippen molar-refractivity contribution in [1.29, 1.82) is 0 Å². The minimum absolute atomic E-state index is 0.0668. The molecular weight excluding hydrogens is 477 g/mol. The Morgan fingerprint density at radius 1 is 0.971 bits per heavy atom. The summed E-state index contributed by atoms with van der Waals surface area (Å²) in [4.78, 5) is 19.7. The number of benzene rings is 1. The fraction of sp³-hybridized carbons (Fsp3) is 0.304. The Hall–Kier alpha value is -3.64. The van der Waals surface area contributed by atoms with Gasteiger partial charge in [0, 0.05) is 31.7 Å². The molecule has 1 aliphatic rings. The Morgan fingerprint density at radius 3 is 2.26 bits per heavy atom. The fourth-order valence-corrected chi connectivity index (χ4v) is 6.02. The van der Waals surface area contributed by atoms with Gasteiger partial charge < -0.3 is 13.9 Å². The third-order valence-corrected chi connectivity index (χ3v) is 8.22.